The van der Waals surface area contributed by atoms with Gasteiger partial charge in [0.2, 0.25) is 0 Å². The van der Waals surface area contributed by atoms with Crippen molar-refractivity contribution in [3.8, 4) is 24.3 Å². The number of terminal acetylenes is 1. The van der Waals surface area contributed by atoms with E-state index in [9.17, 15) is 15.3 Å². The molecular weight excluding hydrogens is 498 g/mol. The van der Waals surface area contributed by atoms with Crippen LogP contribution in [-0.2, 0) is 23.1 Å². The fourth-order valence-corrected chi connectivity index (χ4v) is 6.41. The Morgan fingerprint density at radius 3 is 2.20 bits per heavy atom. The van der Waals surface area contributed by atoms with Gasteiger partial charge < -0.3 is 20.1 Å². The molecule has 0 saturated carbocycles. The number of phenolic OH excluding ortho intramolecular Hbond substituents is 2. The van der Waals surface area contributed by atoms with E-state index >= 15 is 0 Å². The molecule has 0 amide bonds. The van der Waals surface area contributed by atoms with Crippen molar-refractivity contribution in [3.05, 3.63) is 59.2 Å². The highest BCUT2D eigenvalue weighted by Crippen LogP contribution is 2.49. The molecule has 2 aromatic carbocycles. The molecule has 40 heavy (non-hydrogen) atoms. The molecule has 1 saturated heterocycles. The van der Waals surface area contributed by atoms with Crippen LogP contribution in [0.1, 0.15) is 90.8 Å². The van der Waals surface area contributed by atoms with Crippen LogP contribution < -0.4 is 0 Å². The number of benzene rings is 2. The number of nitrogens with zero attached hydrogens (tertiary/aromatic N) is 1. The van der Waals surface area contributed by atoms with Gasteiger partial charge >= 0.3 is 0 Å². The van der Waals surface area contributed by atoms with E-state index in [1.807, 2.05) is 19.1 Å². The van der Waals surface area contributed by atoms with Crippen LogP contribution in [0, 0.1) is 24.2 Å². The summed E-state index contributed by atoms with van der Waals surface area (Å²) in [6.07, 6.45) is 11.8. The maximum atomic E-state index is 12.0. The summed E-state index contributed by atoms with van der Waals surface area (Å²) in [5.41, 5.74) is 1.34. The average Bonchev–Trinajstić information content (AvgIpc) is 2.92. The van der Waals surface area contributed by atoms with Crippen LogP contribution in [0.4, 0.5) is 0 Å². The summed E-state index contributed by atoms with van der Waals surface area (Å²) in [7, 11) is 1.75. The number of aryl methyl sites for hydroxylation is 1. The normalized spacial score (nSPS) is 26.2. The van der Waals surface area contributed by atoms with Crippen LogP contribution >= 0.6 is 0 Å². The van der Waals surface area contributed by atoms with Gasteiger partial charge in [-0.3, -0.25) is 4.90 Å². The lowest BCUT2D eigenvalue weighted by Crippen LogP contribution is -2.53. The number of hydrogen-bond donors (Lipinski definition) is 3. The summed E-state index contributed by atoms with van der Waals surface area (Å²) < 4.78 is 6.22. The Hall–Kier alpha value is -2.52. The Balaban J connectivity index is 0.00000274. The first-order chi connectivity index (χ1) is 18.7. The fourth-order valence-electron chi connectivity index (χ4n) is 6.41. The lowest BCUT2D eigenvalue weighted by Gasteiger charge is -2.49. The first kappa shape index (κ1) is 33.7. The third-order valence-electron chi connectivity index (χ3n) is 9.57. The maximum Gasteiger partial charge on any atom is 0.161 e. The van der Waals surface area contributed by atoms with Crippen molar-refractivity contribution in [2.24, 2.45) is 11.3 Å². The van der Waals surface area contributed by atoms with Gasteiger partial charge in [-0.05, 0) is 75.1 Å². The number of methoxy groups -OCH3 is 1. The molecule has 5 heteroatoms. The highest BCUT2D eigenvalue weighted by molar-refractivity contribution is 5.53. The zero-order valence-electron chi connectivity index (χ0n) is 26.1. The van der Waals surface area contributed by atoms with Crippen molar-refractivity contribution in [1.29, 1.82) is 0 Å². The van der Waals surface area contributed by atoms with Gasteiger partial charge in [0.1, 0.15) is 0 Å². The van der Waals surface area contributed by atoms with Gasteiger partial charge in [0.05, 0.1) is 11.7 Å². The summed E-state index contributed by atoms with van der Waals surface area (Å²) in [5.74, 6) is -0.215. The number of rotatable bonds is 6. The van der Waals surface area contributed by atoms with E-state index in [-0.39, 0.29) is 28.9 Å². The highest BCUT2D eigenvalue weighted by atomic mass is 16.5. The zero-order chi connectivity index (χ0) is 30.3. The molecule has 4 unspecified atom stereocenters. The van der Waals surface area contributed by atoms with Crippen LogP contribution in [0.15, 0.2) is 42.5 Å². The second-order valence-corrected chi connectivity index (χ2v) is 13.0. The average molecular weight is 552 g/mol. The van der Waals surface area contributed by atoms with Crippen LogP contribution in [0.25, 0.3) is 0 Å². The molecule has 0 radical (unpaired) electrons. The molecule has 1 aliphatic rings. The van der Waals surface area contributed by atoms with E-state index in [4.69, 9.17) is 4.74 Å². The second kappa shape index (κ2) is 13.9. The van der Waals surface area contributed by atoms with E-state index in [0.717, 1.165) is 49.9 Å². The highest BCUT2D eigenvalue weighted by Gasteiger charge is 2.48. The summed E-state index contributed by atoms with van der Waals surface area (Å²) in [6.45, 7) is 16.5. The summed E-state index contributed by atoms with van der Waals surface area (Å²) in [5, 5.41) is 33.8. The van der Waals surface area contributed by atoms with Crippen LogP contribution in [-0.4, -0.2) is 51.6 Å². The van der Waals surface area contributed by atoms with Gasteiger partial charge in [0.15, 0.2) is 11.5 Å². The van der Waals surface area contributed by atoms with Crippen LogP contribution in [0.5, 0.6) is 11.5 Å². The maximum absolute atomic E-state index is 12.0. The molecule has 1 fully saturated rings. The molecule has 5 nitrogen and oxygen atoms in total. The van der Waals surface area contributed by atoms with Crippen molar-refractivity contribution in [3.63, 3.8) is 0 Å². The van der Waals surface area contributed by atoms with Crippen molar-refractivity contribution < 1.29 is 20.1 Å². The largest absolute Gasteiger partial charge is 0.504 e. The number of aromatic hydroxyl groups is 2. The van der Waals surface area contributed by atoms with E-state index in [2.05, 4.69) is 83.6 Å². The number of phenols is 2. The molecule has 1 heterocycles. The predicted molar refractivity (Wildman–Crippen MR) is 166 cm³/mol. The number of ether oxygens (including phenoxy) is 1. The minimum atomic E-state index is -0.966. The standard InChI is InChI=1S/C33H51NO4.C2H2/c1-9-25-16-18-27(35)30(36)29(25)32(6)19-20-34(22-24-13-11-10-12-14-24)23(2)15-17-26(28(21-32)38-8)33(7,37)31(3,4)5;1-2/h10-14,16,18,23,26,28,35-37H,9,15,17,19-22H2,1-8H3;1-2H/t23?,26?,28?,32?,33-;/m0./s1. The van der Waals surface area contributed by atoms with Gasteiger partial charge in [0.25, 0.3) is 0 Å². The minimum Gasteiger partial charge on any atom is -0.504 e. The van der Waals surface area contributed by atoms with Crippen molar-refractivity contribution in [2.75, 3.05) is 13.7 Å². The van der Waals surface area contributed by atoms with Gasteiger partial charge in [-0.25, -0.2) is 0 Å². The van der Waals surface area contributed by atoms with E-state index in [1.165, 1.54) is 5.56 Å². The molecular formula is C35H53NO4. The fraction of sp³-hybridized carbons (Fsp3) is 0.600. The van der Waals surface area contributed by atoms with Crippen molar-refractivity contribution in [2.45, 2.75) is 110 Å². The quantitative estimate of drug-likeness (QED) is 0.265. The first-order valence-corrected chi connectivity index (χ1v) is 14.7. The third kappa shape index (κ3) is 7.40. The zero-order valence-corrected chi connectivity index (χ0v) is 26.1. The van der Waals surface area contributed by atoms with Gasteiger partial charge in [0, 0.05) is 36.6 Å². The summed E-state index contributed by atoms with van der Waals surface area (Å²) >= 11 is 0. The van der Waals surface area contributed by atoms with Gasteiger partial charge in [-0.2, -0.15) is 0 Å². The van der Waals surface area contributed by atoms with E-state index < -0.39 is 11.0 Å². The molecule has 0 spiro atoms. The van der Waals surface area contributed by atoms with Crippen molar-refractivity contribution >= 4 is 0 Å². The van der Waals surface area contributed by atoms with Crippen molar-refractivity contribution in [1.82, 2.24) is 4.90 Å². The molecule has 0 aromatic heterocycles. The molecule has 1 aliphatic heterocycles. The lowest BCUT2D eigenvalue weighted by atomic mass is 9.63. The lowest BCUT2D eigenvalue weighted by molar-refractivity contribution is -0.142. The number of aliphatic hydroxyl groups is 1. The molecule has 3 rings (SSSR count). The minimum absolute atomic E-state index is 0.0273. The third-order valence-corrected chi connectivity index (χ3v) is 9.57. The molecule has 5 atom stereocenters. The second-order valence-electron chi connectivity index (χ2n) is 13.0. The Bertz CT molecular complexity index is 1090. The van der Waals surface area contributed by atoms with E-state index in [1.54, 1.807) is 13.2 Å². The predicted octanol–water partition coefficient (Wildman–Crippen LogP) is 7.06. The number of hydrogen-bond acceptors (Lipinski definition) is 5. The Morgan fingerprint density at radius 1 is 1.02 bits per heavy atom. The Kier molecular flexibility index (Phi) is 11.7. The topological polar surface area (TPSA) is 73.2 Å². The molecule has 0 bridgehead atoms. The van der Waals surface area contributed by atoms with Gasteiger partial charge in [-0.15, -0.1) is 12.8 Å². The van der Waals surface area contributed by atoms with Gasteiger partial charge in [-0.1, -0.05) is 71.0 Å². The van der Waals surface area contributed by atoms with Crippen LogP contribution in [0.2, 0.25) is 0 Å². The smallest absolute Gasteiger partial charge is 0.161 e. The molecule has 0 aliphatic carbocycles. The first-order valence-electron chi connectivity index (χ1n) is 14.7. The monoisotopic (exact) mass is 551 g/mol. The Morgan fingerprint density at radius 2 is 1.65 bits per heavy atom. The summed E-state index contributed by atoms with van der Waals surface area (Å²) in [6, 6.07) is 14.4. The SMILES string of the molecule is C#C.CCc1ccc(O)c(O)c1C1(C)CCN(Cc2ccccc2)C(C)CCC([C@](C)(O)C(C)(C)C)C(OC)C1. The molecule has 222 valence electrons. The molecule has 3 N–H and O–H groups in total. The summed E-state index contributed by atoms with van der Waals surface area (Å²) in [4.78, 5) is 2.54. The van der Waals surface area contributed by atoms with Crippen LogP contribution in [0.3, 0.4) is 0 Å². The van der Waals surface area contributed by atoms with E-state index in [0.29, 0.717) is 12.5 Å². The molecule has 2 aromatic rings. The Labute approximate surface area is 243 Å².